The second-order valence-electron chi connectivity index (χ2n) is 5.58. The van der Waals surface area contributed by atoms with E-state index in [4.69, 9.17) is 0 Å². The summed E-state index contributed by atoms with van der Waals surface area (Å²) >= 11 is 0. The lowest BCUT2D eigenvalue weighted by atomic mass is 9.90. The number of benzene rings is 1. The Labute approximate surface area is 120 Å². The van der Waals surface area contributed by atoms with Crippen molar-refractivity contribution in [2.24, 2.45) is 5.92 Å². The van der Waals surface area contributed by atoms with Crippen LogP contribution in [0.25, 0.3) is 0 Å². The highest BCUT2D eigenvalue weighted by Crippen LogP contribution is 2.17. The maximum absolute atomic E-state index is 13.4. The SMILES string of the molecule is CC1CCCNC1CC(=O)NCCc1ccccc1F. The fourth-order valence-corrected chi connectivity index (χ4v) is 2.70. The molecule has 2 unspecified atom stereocenters. The molecular weight excluding hydrogens is 255 g/mol. The van der Waals surface area contributed by atoms with E-state index in [1.165, 1.54) is 18.9 Å². The van der Waals surface area contributed by atoms with Crippen LogP contribution in [0.2, 0.25) is 0 Å². The third-order valence-corrected chi connectivity index (χ3v) is 4.01. The number of piperidine rings is 1. The monoisotopic (exact) mass is 278 g/mol. The molecule has 2 atom stereocenters. The Morgan fingerprint density at radius 2 is 2.25 bits per heavy atom. The van der Waals surface area contributed by atoms with Crippen molar-refractivity contribution in [2.75, 3.05) is 13.1 Å². The van der Waals surface area contributed by atoms with Crippen LogP contribution in [-0.4, -0.2) is 25.0 Å². The summed E-state index contributed by atoms with van der Waals surface area (Å²) in [6, 6.07) is 6.97. The summed E-state index contributed by atoms with van der Waals surface area (Å²) in [5.74, 6) is 0.387. The highest BCUT2D eigenvalue weighted by atomic mass is 19.1. The molecular formula is C16H23FN2O. The molecule has 0 aromatic heterocycles. The van der Waals surface area contributed by atoms with Gasteiger partial charge in [0, 0.05) is 19.0 Å². The van der Waals surface area contributed by atoms with E-state index in [2.05, 4.69) is 17.6 Å². The van der Waals surface area contributed by atoms with Crippen molar-refractivity contribution in [3.63, 3.8) is 0 Å². The van der Waals surface area contributed by atoms with Crippen LogP contribution in [0.1, 0.15) is 31.7 Å². The maximum Gasteiger partial charge on any atom is 0.221 e. The number of nitrogens with one attached hydrogen (secondary N) is 2. The van der Waals surface area contributed by atoms with Crippen molar-refractivity contribution in [1.82, 2.24) is 10.6 Å². The molecule has 0 bridgehead atoms. The van der Waals surface area contributed by atoms with Crippen molar-refractivity contribution in [1.29, 1.82) is 0 Å². The third kappa shape index (κ3) is 4.30. The smallest absolute Gasteiger partial charge is 0.221 e. The van der Waals surface area contributed by atoms with Crippen LogP contribution < -0.4 is 10.6 Å². The van der Waals surface area contributed by atoms with Gasteiger partial charge >= 0.3 is 0 Å². The molecule has 2 rings (SSSR count). The van der Waals surface area contributed by atoms with Gasteiger partial charge in [0.25, 0.3) is 0 Å². The van der Waals surface area contributed by atoms with Crippen molar-refractivity contribution in [3.8, 4) is 0 Å². The van der Waals surface area contributed by atoms with Gasteiger partial charge in [0.1, 0.15) is 5.82 Å². The molecule has 2 N–H and O–H groups in total. The Morgan fingerprint density at radius 3 is 3.00 bits per heavy atom. The van der Waals surface area contributed by atoms with Crippen LogP contribution in [0, 0.1) is 11.7 Å². The van der Waals surface area contributed by atoms with Crippen molar-refractivity contribution in [3.05, 3.63) is 35.6 Å². The first-order chi connectivity index (χ1) is 9.66. The molecule has 4 heteroatoms. The summed E-state index contributed by atoms with van der Waals surface area (Å²) < 4.78 is 13.4. The van der Waals surface area contributed by atoms with Gasteiger partial charge in [-0.2, -0.15) is 0 Å². The lowest BCUT2D eigenvalue weighted by Crippen LogP contribution is -2.43. The summed E-state index contributed by atoms with van der Waals surface area (Å²) in [4.78, 5) is 11.9. The summed E-state index contributed by atoms with van der Waals surface area (Å²) in [5, 5.41) is 6.28. The molecule has 1 heterocycles. The van der Waals surface area contributed by atoms with Crippen molar-refractivity contribution < 1.29 is 9.18 Å². The van der Waals surface area contributed by atoms with E-state index in [1.54, 1.807) is 12.1 Å². The van der Waals surface area contributed by atoms with Crippen LogP contribution in [0.4, 0.5) is 4.39 Å². The highest BCUT2D eigenvalue weighted by molar-refractivity contribution is 5.76. The minimum Gasteiger partial charge on any atom is -0.356 e. The highest BCUT2D eigenvalue weighted by Gasteiger charge is 2.22. The van der Waals surface area contributed by atoms with E-state index in [0.717, 1.165) is 6.54 Å². The Kier molecular flexibility index (Phi) is 5.53. The first-order valence-electron chi connectivity index (χ1n) is 7.40. The minimum atomic E-state index is -0.204. The fourth-order valence-electron chi connectivity index (χ4n) is 2.70. The predicted molar refractivity (Wildman–Crippen MR) is 77.9 cm³/mol. The molecule has 0 aliphatic carbocycles. The topological polar surface area (TPSA) is 41.1 Å². The van der Waals surface area contributed by atoms with Gasteiger partial charge in [0.15, 0.2) is 0 Å². The Balaban J connectivity index is 1.71. The molecule has 0 saturated carbocycles. The van der Waals surface area contributed by atoms with Crippen molar-refractivity contribution in [2.45, 2.75) is 38.6 Å². The molecule has 1 aromatic rings. The normalized spacial score (nSPS) is 22.5. The molecule has 1 aromatic carbocycles. The second kappa shape index (κ2) is 7.39. The maximum atomic E-state index is 13.4. The Morgan fingerprint density at radius 1 is 1.45 bits per heavy atom. The largest absolute Gasteiger partial charge is 0.356 e. The van der Waals surface area contributed by atoms with Gasteiger partial charge in [-0.15, -0.1) is 0 Å². The molecule has 110 valence electrons. The first kappa shape index (κ1) is 15.0. The average Bonchev–Trinajstić information content (AvgIpc) is 2.43. The molecule has 1 fully saturated rings. The lowest BCUT2D eigenvalue weighted by molar-refractivity contribution is -0.121. The summed E-state index contributed by atoms with van der Waals surface area (Å²) in [7, 11) is 0. The number of halogens is 1. The molecule has 1 aliphatic rings. The minimum absolute atomic E-state index is 0.0487. The van der Waals surface area contributed by atoms with Gasteiger partial charge in [-0.3, -0.25) is 4.79 Å². The zero-order chi connectivity index (χ0) is 14.4. The van der Waals surface area contributed by atoms with Crippen LogP contribution in [0.15, 0.2) is 24.3 Å². The Bertz CT molecular complexity index is 450. The average molecular weight is 278 g/mol. The second-order valence-corrected chi connectivity index (χ2v) is 5.58. The zero-order valence-corrected chi connectivity index (χ0v) is 12.0. The lowest BCUT2D eigenvalue weighted by Gasteiger charge is -2.29. The molecule has 20 heavy (non-hydrogen) atoms. The number of rotatable bonds is 5. The van der Waals surface area contributed by atoms with Crippen molar-refractivity contribution >= 4 is 5.91 Å². The van der Waals surface area contributed by atoms with Crippen LogP contribution >= 0.6 is 0 Å². The quantitative estimate of drug-likeness (QED) is 0.867. The van der Waals surface area contributed by atoms with E-state index in [0.29, 0.717) is 30.9 Å². The van der Waals surface area contributed by atoms with E-state index >= 15 is 0 Å². The van der Waals surface area contributed by atoms with Gasteiger partial charge in [-0.1, -0.05) is 25.1 Å². The van der Waals surface area contributed by atoms with E-state index in [-0.39, 0.29) is 17.8 Å². The molecule has 0 radical (unpaired) electrons. The number of carbonyl (C=O) groups is 1. The van der Waals surface area contributed by atoms with E-state index in [1.807, 2.05) is 6.07 Å². The van der Waals surface area contributed by atoms with Gasteiger partial charge in [-0.25, -0.2) is 4.39 Å². The van der Waals surface area contributed by atoms with E-state index in [9.17, 15) is 9.18 Å². The molecule has 3 nitrogen and oxygen atoms in total. The fraction of sp³-hybridized carbons (Fsp3) is 0.562. The summed E-state index contributed by atoms with van der Waals surface area (Å²) in [6.07, 6.45) is 3.41. The summed E-state index contributed by atoms with van der Waals surface area (Å²) in [6.45, 7) is 3.67. The van der Waals surface area contributed by atoms with Gasteiger partial charge in [0.05, 0.1) is 0 Å². The molecule has 1 saturated heterocycles. The zero-order valence-electron chi connectivity index (χ0n) is 12.0. The van der Waals surface area contributed by atoms with Crippen LogP contribution in [0.5, 0.6) is 0 Å². The summed E-state index contributed by atoms with van der Waals surface area (Å²) in [5.41, 5.74) is 0.650. The Hall–Kier alpha value is -1.42. The number of carbonyl (C=O) groups excluding carboxylic acids is 1. The van der Waals surface area contributed by atoms with Gasteiger partial charge in [-0.05, 0) is 43.4 Å². The molecule has 1 amide bonds. The standard InChI is InChI=1S/C16H23FN2O/c1-12-5-4-9-18-15(12)11-16(20)19-10-8-13-6-2-3-7-14(13)17/h2-3,6-7,12,15,18H,4-5,8-11H2,1H3,(H,19,20). The molecule has 1 aliphatic heterocycles. The van der Waals surface area contributed by atoms with Gasteiger partial charge in [0.2, 0.25) is 5.91 Å². The number of hydrogen-bond donors (Lipinski definition) is 2. The number of amides is 1. The molecule has 0 spiro atoms. The van der Waals surface area contributed by atoms with E-state index < -0.39 is 0 Å². The van der Waals surface area contributed by atoms with Crippen LogP contribution in [-0.2, 0) is 11.2 Å². The third-order valence-electron chi connectivity index (χ3n) is 4.01. The first-order valence-corrected chi connectivity index (χ1v) is 7.40. The predicted octanol–water partition coefficient (Wildman–Crippen LogP) is 2.26. The number of hydrogen-bond acceptors (Lipinski definition) is 2. The van der Waals surface area contributed by atoms with Crippen LogP contribution in [0.3, 0.4) is 0 Å². The van der Waals surface area contributed by atoms with Gasteiger partial charge < -0.3 is 10.6 Å².